The molecular weight excluding hydrogens is 174 g/mol. The van der Waals surface area contributed by atoms with Crippen molar-refractivity contribution in [3.63, 3.8) is 0 Å². The Kier molecular flexibility index (Phi) is 3.92. The first-order valence-corrected chi connectivity index (χ1v) is 4.58. The van der Waals surface area contributed by atoms with Crippen molar-refractivity contribution in [2.45, 2.75) is 13.8 Å². The molecule has 0 aliphatic rings. The molecule has 0 atom stereocenters. The number of benzene rings is 1. The SMILES string of the molecule is C=CCO/N=C(\C)c1ccc(C)cc1. The van der Waals surface area contributed by atoms with E-state index in [9.17, 15) is 0 Å². The Morgan fingerprint density at radius 1 is 1.43 bits per heavy atom. The molecular formula is C12H15NO. The van der Waals surface area contributed by atoms with Crippen LogP contribution >= 0.6 is 0 Å². The molecule has 2 heteroatoms. The van der Waals surface area contributed by atoms with Crippen LogP contribution in [0.1, 0.15) is 18.1 Å². The molecule has 1 aromatic carbocycles. The van der Waals surface area contributed by atoms with E-state index in [1.807, 2.05) is 19.1 Å². The second kappa shape index (κ2) is 5.22. The van der Waals surface area contributed by atoms with Gasteiger partial charge < -0.3 is 4.84 Å². The van der Waals surface area contributed by atoms with Gasteiger partial charge in [0.1, 0.15) is 6.61 Å². The highest BCUT2D eigenvalue weighted by molar-refractivity contribution is 5.98. The summed E-state index contributed by atoms with van der Waals surface area (Å²) >= 11 is 0. The van der Waals surface area contributed by atoms with Gasteiger partial charge in [0.25, 0.3) is 0 Å². The zero-order valence-electron chi connectivity index (χ0n) is 8.66. The first-order valence-electron chi connectivity index (χ1n) is 4.58. The Bertz CT molecular complexity index is 325. The highest BCUT2D eigenvalue weighted by atomic mass is 16.6. The fourth-order valence-corrected chi connectivity index (χ4v) is 1.03. The van der Waals surface area contributed by atoms with Crippen molar-refractivity contribution >= 4 is 5.71 Å². The van der Waals surface area contributed by atoms with Crippen molar-refractivity contribution in [1.82, 2.24) is 0 Å². The van der Waals surface area contributed by atoms with Crippen LogP contribution in [-0.2, 0) is 4.84 Å². The van der Waals surface area contributed by atoms with E-state index in [1.54, 1.807) is 6.08 Å². The molecule has 0 amide bonds. The van der Waals surface area contributed by atoms with E-state index >= 15 is 0 Å². The van der Waals surface area contributed by atoms with Gasteiger partial charge in [-0.15, -0.1) is 0 Å². The van der Waals surface area contributed by atoms with Crippen molar-refractivity contribution in [3.8, 4) is 0 Å². The Labute approximate surface area is 84.9 Å². The van der Waals surface area contributed by atoms with Crippen LogP contribution in [0.5, 0.6) is 0 Å². The van der Waals surface area contributed by atoms with Crippen molar-refractivity contribution in [2.24, 2.45) is 5.16 Å². The molecule has 1 rings (SSSR count). The number of hydrogen-bond acceptors (Lipinski definition) is 2. The fraction of sp³-hybridized carbons (Fsp3) is 0.250. The Hall–Kier alpha value is -1.57. The second-order valence-corrected chi connectivity index (χ2v) is 3.13. The third kappa shape index (κ3) is 3.05. The molecule has 2 nitrogen and oxygen atoms in total. The first-order chi connectivity index (χ1) is 6.74. The molecule has 14 heavy (non-hydrogen) atoms. The Morgan fingerprint density at radius 2 is 2.07 bits per heavy atom. The van der Waals surface area contributed by atoms with Crippen LogP contribution < -0.4 is 0 Å². The van der Waals surface area contributed by atoms with Crippen LogP contribution in [0.15, 0.2) is 42.1 Å². The topological polar surface area (TPSA) is 21.6 Å². The van der Waals surface area contributed by atoms with Gasteiger partial charge in [-0.25, -0.2) is 0 Å². The van der Waals surface area contributed by atoms with Crippen molar-refractivity contribution < 1.29 is 4.84 Å². The fourth-order valence-electron chi connectivity index (χ4n) is 1.03. The van der Waals surface area contributed by atoms with Crippen LogP contribution in [-0.4, -0.2) is 12.3 Å². The van der Waals surface area contributed by atoms with Crippen LogP contribution in [0.4, 0.5) is 0 Å². The van der Waals surface area contributed by atoms with E-state index < -0.39 is 0 Å². The molecule has 0 unspecified atom stereocenters. The number of hydrogen-bond donors (Lipinski definition) is 0. The van der Waals surface area contributed by atoms with Crippen LogP contribution in [0.2, 0.25) is 0 Å². The van der Waals surface area contributed by atoms with E-state index in [-0.39, 0.29) is 0 Å². The van der Waals surface area contributed by atoms with Gasteiger partial charge in [-0.1, -0.05) is 47.6 Å². The molecule has 0 N–H and O–H groups in total. The third-order valence-corrected chi connectivity index (χ3v) is 1.86. The van der Waals surface area contributed by atoms with Gasteiger partial charge in [0.15, 0.2) is 0 Å². The van der Waals surface area contributed by atoms with E-state index in [2.05, 4.69) is 30.8 Å². The summed E-state index contributed by atoms with van der Waals surface area (Å²) in [5.74, 6) is 0. The van der Waals surface area contributed by atoms with Crippen LogP contribution in [0.3, 0.4) is 0 Å². The molecule has 0 heterocycles. The summed E-state index contributed by atoms with van der Waals surface area (Å²) < 4.78 is 0. The number of rotatable bonds is 4. The van der Waals surface area contributed by atoms with Gasteiger partial charge in [0.05, 0.1) is 5.71 Å². The lowest BCUT2D eigenvalue weighted by Crippen LogP contribution is -1.96. The molecule has 0 saturated heterocycles. The summed E-state index contributed by atoms with van der Waals surface area (Å²) in [5, 5.41) is 3.96. The minimum Gasteiger partial charge on any atom is -0.391 e. The first kappa shape index (κ1) is 10.5. The molecule has 0 aromatic heterocycles. The van der Waals surface area contributed by atoms with Gasteiger partial charge in [0, 0.05) is 0 Å². The van der Waals surface area contributed by atoms with E-state index in [4.69, 9.17) is 4.84 Å². The zero-order chi connectivity index (χ0) is 10.4. The lowest BCUT2D eigenvalue weighted by atomic mass is 10.1. The summed E-state index contributed by atoms with van der Waals surface area (Å²) in [6.07, 6.45) is 1.67. The molecule has 0 saturated carbocycles. The van der Waals surface area contributed by atoms with Gasteiger partial charge in [-0.05, 0) is 19.4 Å². The van der Waals surface area contributed by atoms with Crippen LogP contribution in [0.25, 0.3) is 0 Å². The third-order valence-electron chi connectivity index (χ3n) is 1.86. The van der Waals surface area contributed by atoms with Gasteiger partial charge in [-0.3, -0.25) is 0 Å². The largest absolute Gasteiger partial charge is 0.391 e. The Morgan fingerprint density at radius 3 is 2.64 bits per heavy atom. The lowest BCUT2D eigenvalue weighted by molar-refractivity contribution is 0.175. The average Bonchev–Trinajstić information content (AvgIpc) is 2.19. The van der Waals surface area contributed by atoms with Crippen LogP contribution in [0, 0.1) is 6.92 Å². The summed E-state index contributed by atoms with van der Waals surface area (Å²) in [5.41, 5.74) is 3.21. The molecule has 0 spiro atoms. The molecule has 0 fully saturated rings. The number of aryl methyl sites for hydroxylation is 1. The maximum Gasteiger partial charge on any atom is 0.135 e. The van der Waals surface area contributed by atoms with Crippen molar-refractivity contribution in [2.75, 3.05) is 6.61 Å². The summed E-state index contributed by atoms with van der Waals surface area (Å²) in [6.45, 7) is 7.98. The maximum atomic E-state index is 5.00. The molecule has 0 bridgehead atoms. The standard InChI is InChI=1S/C12H15NO/c1-4-9-14-13-11(3)12-7-5-10(2)6-8-12/h4-8H,1,9H2,2-3H3/b13-11+. The highest BCUT2D eigenvalue weighted by Gasteiger charge is 1.96. The number of nitrogens with zero attached hydrogens (tertiary/aromatic N) is 1. The van der Waals surface area contributed by atoms with Gasteiger partial charge >= 0.3 is 0 Å². The maximum absolute atomic E-state index is 5.00. The quantitative estimate of drug-likeness (QED) is 0.309. The van der Waals surface area contributed by atoms with E-state index in [0.717, 1.165) is 11.3 Å². The zero-order valence-corrected chi connectivity index (χ0v) is 8.66. The number of oxime groups is 1. The molecule has 0 radical (unpaired) electrons. The lowest BCUT2D eigenvalue weighted by Gasteiger charge is -2.00. The van der Waals surface area contributed by atoms with Gasteiger partial charge in [-0.2, -0.15) is 0 Å². The van der Waals surface area contributed by atoms with Crippen molar-refractivity contribution in [1.29, 1.82) is 0 Å². The van der Waals surface area contributed by atoms with Crippen molar-refractivity contribution in [3.05, 3.63) is 48.0 Å². The smallest absolute Gasteiger partial charge is 0.135 e. The molecule has 0 aliphatic heterocycles. The minimum absolute atomic E-state index is 0.448. The van der Waals surface area contributed by atoms with E-state index in [1.165, 1.54) is 5.56 Å². The predicted molar refractivity (Wildman–Crippen MR) is 59.5 cm³/mol. The monoisotopic (exact) mass is 189 g/mol. The predicted octanol–water partition coefficient (Wildman–Crippen LogP) is 2.92. The molecule has 1 aromatic rings. The normalized spacial score (nSPS) is 11.1. The molecule has 74 valence electrons. The minimum atomic E-state index is 0.448. The van der Waals surface area contributed by atoms with Gasteiger partial charge in [0.2, 0.25) is 0 Å². The summed E-state index contributed by atoms with van der Waals surface area (Å²) in [4.78, 5) is 5.00. The van der Waals surface area contributed by atoms with E-state index in [0.29, 0.717) is 6.61 Å². The second-order valence-electron chi connectivity index (χ2n) is 3.13. The summed E-state index contributed by atoms with van der Waals surface area (Å²) in [7, 11) is 0. The average molecular weight is 189 g/mol. The highest BCUT2D eigenvalue weighted by Crippen LogP contribution is 2.04. The Balaban J connectivity index is 2.68. The summed E-state index contributed by atoms with van der Waals surface area (Å²) in [6, 6.07) is 8.18. The molecule has 0 aliphatic carbocycles.